The summed E-state index contributed by atoms with van der Waals surface area (Å²) < 4.78 is 1.80. The highest BCUT2D eigenvalue weighted by Crippen LogP contribution is 2.24. The molecule has 0 saturated heterocycles. The summed E-state index contributed by atoms with van der Waals surface area (Å²) in [5.41, 5.74) is 0.678. The molecule has 2 heterocycles. The molecule has 116 valence electrons. The summed E-state index contributed by atoms with van der Waals surface area (Å²) >= 11 is 0. The number of aromatic nitrogens is 3. The second-order valence-electron chi connectivity index (χ2n) is 6.06. The van der Waals surface area contributed by atoms with Crippen molar-refractivity contribution in [3.8, 4) is 5.82 Å². The van der Waals surface area contributed by atoms with Crippen molar-refractivity contribution >= 4 is 5.91 Å². The number of nitrogens with zero attached hydrogens (tertiary/aromatic N) is 4. The SMILES string of the molecule is CN(CC1CCCCC1)C(=O)c1ccnc(-n2ccnc2)c1. The van der Waals surface area contributed by atoms with Crippen LogP contribution in [0.4, 0.5) is 0 Å². The molecule has 1 saturated carbocycles. The third-order valence-corrected chi connectivity index (χ3v) is 4.36. The van der Waals surface area contributed by atoms with E-state index in [9.17, 15) is 4.79 Å². The van der Waals surface area contributed by atoms with E-state index in [2.05, 4.69) is 9.97 Å². The van der Waals surface area contributed by atoms with Crippen LogP contribution in [0.25, 0.3) is 5.82 Å². The van der Waals surface area contributed by atoms with Crippen LogP contribution in [0.15, 0.2) is 37.1 Å². The number of hydrogen-bond acceptors (Lipinski definition) is 3. The normalized spacial score (nSPS) is 15.7. The largest absolute Gasteiger partial charge is 0.341 e. The number of hydrogen-bond donors (Lipinski definition) is 0. The van der Waals surface area contributed by atoms with E-state index >= 15 is 0 Å². The van der Waals surface area contributed by atoms with E-state index in [0.717, 1.165) is 12.4 Å². The monoisotopic (exact) mass is 298 g/mol. The standard InChI is InChI=1S/C17H22N4O/c1-20(12-14-5-3-2-4-6-14)17(22)15-7-8-19-16(11-15)21-10-9-18-13-21/h7-11,13-14H,2-6,12H2,1H3. The first-order valence-electron chi connectivity index (χ1n) is 7.94. The van der Waals surface area contributed by atoms with Gasteiger partial charge in [-0.3, -0.25) is 9.36 Å². The first-order chi connectivity index (χ1) is 10.7. The van der Waals surface area contributed by atoms with Crippen LogP contribution in [0.3, 0.4) is 0 Å². The number of imidazole rings is 1. The Morgan fingerprint density at radius 2 is 2.14 bits per heavy atom. The minimum absolute atomic E-state index is 0.0642. The average Bonchev–Trinajstić information content (AvgIpc) is 3.10. The van der Waals surface area contributed by atoms with E-state index in [1.54, 1.807) is 29.4 Å². The van der Waals surface area contributed by atoms with Gasteiger partial charge in [0.15, 0.2) is 0 Å². The zero-order chi connectivity index (χ0) is 15.4. The molecule has 0 aromatic carbocycles. The van der Waals surface area contributed by atoms with Crippen molar-refractivity contribution in [3.63, 3.8) is 0 Å². The van der Waals surface area contributed by atoms with Crippen molar-refractivity contribution in [1.29, 1.82) is 0 Å². The molecule has 0 spiro atoms. The molecule has 0 unspecified atom stereocenters. The van der Waals surface area contributed by atoms with E-state index < -0.39 is 0 Å². The summed E-state index contributed by atoms with van der Waals surface area (Å²) in [6.45, 7) is 0.849. The molecule has 1 fully saturated rings. The highest BCUT2D eigenvalue weighted by molar-refractivity contribution is 5.94. The fourth-order valence-electron chi connectivity index (χ4n) is 3.15. The lowest BCUT2D eigenvalue weighted by atomic mass is 9.89. The Balaban J connectivity index is 1.70. The molecule has 2 aromatic heterocycles. The van der Waals surface area contributed by atoms with Gasteiger partial charge in [0, 0.05) is 37.7 Å². The molecule has 5 nitrogen and oxygen atoms in total. The van der Waals surface area contributed by atoms with Crippen LogP contribution in [0, 0.1) is 5.92 Å². The molecule has 0 N–H and O–H groups in total. The van der Waals surface area contributed by atoms with Crippen LogP contribution >= 0.6 is 0 Å². The van der Waals surface area contributed by atoms with Gasteiger partial charge in [0.25, 0.3) is 5.91 Å². The van der Waals surface area contributed by atoms with Gasteiger partial charge in [-0.25, -0.2) is 9.97 Å². The molecular formula is C17H22N4O. The van der Waals surface area contributed by atoms with Crippen LogP contribution in [0.1, 0.15) is 42.5 Å². The molecule has 0 radical (unpaired) electrons. The molecular weight excluding hydrogens is 276 g/mol. The second kappa shape index (κ2) is 6.73. The maximum atomic E-state index is 12.6. The molecule has 0 bridgehead atoms. The maximum Gasteiger partial charge on any atom is 0.253 e. The van der Waals surface area contributed by atoms with Crippen molar-refractivity contribution < 1.29 is 4.79 Å². The van der Waals surface area contributed by atoms with Gasteiger partial charge in [-0.2, -0.15) is 0 Å². The Morgan fingerprint density at radius 1 is 1.32 bits per heavy atom. The zero-order valence-electron chi connectivity index (χ0n) is 13.0. The van der Waals surface area contributed by atoms with E-state index in [-0.39, 0.29) is 5.91 Å². The minimum atomic E-state index is 0.0642. The fourth-order valence-corrected chi connectivity index (χ4v) is 3.15. The highest BCUT2D eigenvalue weighted by atomic mass is 16.2. The third kappa shape index (κ3) is 3.35. The molecule has 22 heavy (non-hydrogen) atoms. The predicted molar refractivity (Wildman–Crippen MR) is 84.9 cm³/mol. The van der Waals surface area contributed by atoms with E-state index in [0.29, 0.717) is 11.5 Å². The van der Waals surface area contributed by atoms with E-state index in [4.69, 9.17) is 0 Å². The van der Waals surface area contributed by atoms with Crippen LogP contribution in [0.5, 0.6) is 0 Å². The number of carbonyl (C=O) groups excluding carboxylic acids is 1. The summed E-state index contributed by atoms with van der Waals surface area (Å²) in [5, 5.41) is 0. The summed E-state index contributed by atoms with van der Waals surface area (Å²) in [7, 11) is 1.90. The smallest absolute Gasteiger partial charge is 0.253 e. The van der Waals surface area contributed by atoms with Gasteiger partial charge in [0.2, 0.25) is 0 Å². The molecule has 1 aliphatic carbocycles. The molecule has 3 rings (SSSR count). The summed E-state index contributed by atoms with van der Waals surface area (Å²) in [5.74, 6) is 1.43. The first kappa shape index (κ1) is 14.8. The number of rotatable bonds is 4. The fraction of sp³-hybridized carbons (Fsp3) is 0.471. The van der Waals surface area contributed by atoms with Crippen LogP contribution in [-0.2, 0) is 0 Å². The van der Waals surface area contributed by atoms with Gasteiger partial charge in [0.1, 0.15) is 12.1 Å². The topological polar surface area (TPSA) is 51.0 Å². The van der Waals surface area contributed by atoms with Gasteiger partial charge < -0.3 is 4.90 Å². The van der Waals surface area contributed by atoms with E-state index in [1.807, 2.05) is 24.2 Å². The summed E-state index contributed by atoms with van der Waals surface area (Å²) in [6, 6.07) is 3.60. The second-order valence-corrected chi connectivity index (χ2v) is 6.06. The molecule has 1 aliphatic rings. The molecule has 1 amide bonds. The third-order valence-electron chi connectivity index (χ3n) is 4.36. The van der Waals surface area contributed by atoms with Crippen molar-refractivity contribution in [2.24, 2.45) is 5.92 Å². The summed E-state index contributed by atoms with van der Waals surface area (Å²) in [4.78, 5) is 22.8. The molecule has 0 aliphatic heterocycles. The Bertz CT molecular complexity index is 617. The lowest BCUT2D eigenvalue weighted by Gasteiger charge is -2.27. The molecule has 5 heteroatoms. The molecule has 0 atom stereocenters. The van der Waals surface area contributed by atoms with Crippen molar-refractivity contribution in [1.82, 2.24) is 19.4 Å². The van der Waals surface area contributed by atoms with Crippen LogP contribution in [0.2, 0.25) is 0 Å². The van der Waals surface area contributed by atoms with Crippen molar-refractivity contribution in [2.75, 3.05) is 13.6 Å². The number of pyridine rings is 1. The number of carbonyl (C=O) groups is 1. The zero-order valence-corrected chi connectivity index (χ0v) is 13.0. The Hall–Kier alpha value is -2.17. The average molecular weight is 298 g/mol. The highest BCUT2D eigenvalue weighted by Gasteiger charge is 2.19. The lowest BCUT2D eigenvalue weighted by Crippen LogP contribution is -2.32. The Labute approximate surface area is 131 Å². The minimum Gasteiger partial charge on any atom is -0.341 e. The number of amides is 1. The van der Waals surface area contributed by atoms with Crippen LogP contribution < -0.4 is 0 Å². The van der Waals surface area contributed by atoms with E-state index in [1.165, 1.54) is 32.1 Å². The Morgan fingerprint density at radius 3 is 2.86 bits per heavy atom. The first-order valence-corrected chi connectivity index (χ1v) is 7.94. The van der Waals surface area contributed by atoms with Gasteiger partial charge in [-0.1, -0.05) is 19.3 Å². The van der Waals surface area contributed by atoms with Gasteiger partial charge in [0.05, 0.1) is 0 Å². The van der Waals surface area contributed by atoms with Gasteiger partial charge >= 0.3 is 0 Å². The Kier molecular flexibility index (Phi) is 4.51. The van der Waals surface area contributed by atoms with Gasteiger partial charge in [-0.15, -0.1) is 0 Å². The lowest BCUT2D eigenvalue weighted by molar-refractivity contribution is 0.0760. The predicted octanol–water partition coefficient (Wildman–Crippen LogP) is 2.92. The quantitative estimate of drug-likeness (QED) is 0.872. The van der Waals surface area contributed by atoms with Crippen molar-refractivity contribution in [2.45, 2.75) is 32.1 Å². The van der Waals surface area contributed by atoms with Crippen molar-refractivity contribution in [3.05, 3.63) is 42.6 Å². The van der Waals surface area contributed by atoms with Crippen LogP contribution in [-0.4, -0.2) is 38.9 Å². The molecule has 2 aromatic rings. The maximum absolute atomic E-state index is 12.6. The summed E-state index contributed by atoms with van der Waals surface area (Å²) in [6.07, 6.45) is 13.3. The van der Waals surface area contributed by atoms with Gasteiger partial charge in [-0.05, 0) is 30.9 Å².